The summed E-state index contributed by atoms with van der Waals surface area (Å²) in [7, 11) is 0. The van der Waals surface area contributed by atoms with Crippen LogP contribution in [-0.4, -0.2) is 47.0 Å². The molecule has 0 aliphatic carbocycles. The number of fused-ring (bicyclic) bond motifs is 1. The quantitative estimate of drug-likeness (QED) is 0.834. The van der Waals surface area contributed by atoms with Gasteiger partial charge in [-0.25, -0.2) is 4.98 Å². The topological polar surface area (TPSA) is 62.3 Å². The predicted octanol–water partition coefficient (Wildman–Crippen LogP) is 2.92. The van der Waals surface area contributed by atoms with Crippen LogP contribution in [0.25, 0.3) is 17.0 Å². The lowest BCUT2D eigenvalue weighted by Crippen LogP contribution is -2.47. The van der Waals surface area contributed by atoms with E-state index in [9.17, 15) is 22.8 Å². The van der Waals surface area contributed by atoms with E-state index in [4.69, 9.17) is 0 Å². The molecule has 1 unspecified atom stereocenters. The number of amides is 2. The summed E-state index contributed by atoms with van der Waals surface area (Å²) in [6.07, 6.45) is -0.732. The van der Waals surface area contributed by atoms with Gasteiger partial charge in [-0.2, -0.15) is 13.2 Å². The lowest BCUT2D eigenvalue weighted by Gasteiger charge is -2.23. The zero-order valence-electron chi connectivity index (χ0n) is 14.4. The van der Waals surface area contributed by atoms with E-state index in [1.54, 1.807) is 6.07 Å². The molecule has 0 saturated carbocycles. The second-order valence-electron chi connectivity index (χ2n) is 6.28. The van der Waals surface area contributed by atoms with Crippen LogP contribution in [-0.2, 0) is 9.59 Å². The standard InChI is InChI=1S/C19H18F3N3O2/c20-19(21,22)12-23-18(27)16-6-3-11-25(16)17(26)10-9-14-8-7-13-4-1-2-5-15(13)24-14/h1-2,4-5,7-10,16H,3,6,11-12H2,(H,23,27). The second-order valence-corrected chi connectivity index (χ2v) is 6.28. The number of rotatable bonds is 4. The Hall–Kier alpha value is -2.90. The van der Waals surface area contributed by atoms with E-state index in [1.165, 1.54) is 17.1 Å². The van der Waals surface area contributed by atoms with Crippen LogP contribution in [0.2, 0.25) is 0 Å². The summed E-state index contributed by atoms with van der Waals surface area (Å²) < 4.78 is 36.8. The fourth-order valence-corrected chi connectivity index (χ4v) is 3.04. The van der Waals surface area contributed by atoms with Crippen molar-refractivity contribution in [3.63, 3.8) is 0 Å². The largest absolute Gasteiger partial charge is 0.405 e. The molecule has 5 nitrogen and oxygen atoms in total. The van der Waals surface area contributed by atoms with Crippen molar-refractivity contribution >= 4 is 28.8 Å². The molecule has 1 aliphatic heterocycles. The number of para-hydroxylation sites is 1. The maximum atomic E-state index is 12.4. The number of likely N-dealkylation sites (tertiary alicyclic amines) is 1. The van der Waals surface area contributed by atoms with Crippen molar-refractivity contribution in [1.29, 1.82) is 0 Å². The average molecular weight is 377 g/mol. The van der Waals surface area contributed by atoms with Crippen LogP contribution in [0.3, 0.4) is 0 Å². The molecule has 1 saturated heterocycles. The summed E-state index contributed by atoms with van der Waals surface area (Å²) in [5.74, 6) is -1.20. The van der Waals surface area contributed by atoms with E-state index in [-0.39, 0.29) is 0 Å². The first-order valence-corrected chi connectivity index (χ1v) is 8.52. The molecule has 2 heterocycles. The second kappa shape index (κ2) is 7.77. The molecule has 0 bridgehead atoms. The smallest absolute Gasteiger partial charge is 0.345 e. The first-order chi connectivity index (χ1) is 12.8. The van der Waals surface area contributed by atoms with Crippen LogP contribution in [0.4, 0.5) is 13.2 Å². The molecular formula is C19H18F3N3O2. The van der Waals surface area contributed by atoms with Crippen molar-refractivity contribution in [3.05, 3.63) is 48.2 Å². The van der Waals surface area contributed by atoms with Crippen LogP contribution < -0.4 is 5.32 Å². The minimum atomic E-state index is -4.48. The lowest BCUT2D eigenvalue weighted by molar-refractivity contribution is -0.143. The normalized spacial score (nSPS) is 17.6. The van der Waals surface area contributed by atoms with Gasteiger partial charge in [-0.05, 0) is 31.1 Å². The van der Waals surface area contributed by atoms with Gasteiger partial charge >= 0.3 is 6.18 Å². The molecule has 1 aliphatic rings. The Morgan fingerprint density at radius 3 is 2.78 bits per heavy atom. The van der Waals surface area contributed by atoms with Gasteiger partial charge in [0.2, 0.25) is 11.8 Å². The Kier molecular flexibility index (Phi) is 5.43. The molecule has 27 heavy (non-hydrogen) atoms. The SMILES string of the molecule is O=C(NCC(F)(F)F)C1CCCN1C(=O)C=Cc1ccc2ccccc2n1. The molecule has 3 rings (SSSR count). The van der Waals surface area contributed by atoms with Gasteiger partial charge in [0, 0.05) is 18.0 Å². The van der Waals surface area contributed by atoms with Gasteiger partial charge in [-0.3, -0.25) is 9.59 Å². The number of pyridine rings is 1. The fourth-order valence-electron chi connectivity index (χ4n) is 3.04. The van der Waals surface area contributed by atoms with Crippen LogP contribution in [0.15, 0.2) is 42.5 Å². The van der Waals surface area contributed by atoms with Crippen molar-refractivity contribution in [3.8, 4) is 0 Å². The Labute approximate surface area is 153 Å². The minimum absolute atomic E-state index is 0.332. The van der Waals surface area contributed by atoms with Gasteiger partial charge in [0.05, 0.1) is 11.2 Å². The Morgan fingerprint density at radius 2 is 2.00 bits per heavy atom. The van der Waals surface area contributed by atoms with Crippen molar-refractivity contribution in [2.45, 2.75) is 25.1 Å². The Balaban J connectivity index is 1.66. The summed E-state index contributed by atoms with van der Waals surface area (Å²) in [5, 5.41) is 2.82. The van der Waals surface area contributed by atoms with Gasteiger partial charge in [-0.15, -0.1) is 0 Å². The highest BCUT2D eigenvalue weighted by Crippen LogP contribution is 2.20. The molecule has 1 fully saturated rings. The van der Waals surface area contributed by atoms with Crippen LogP contribution >= 0.6 is 0 Å². The van der Waals surface area contributed by atoms with E-state index < -0.39 is 30.6 Å². The van der Waals surface area contributed by atoms with Gasteiger partial charge < -0.3 is 10.2 Å². The Bertz CT molecular complexity index is 880. The number of hydrogen-bond acceptors (Lipinski definition) is 3. The maximum Gasteiger partial charge on any atom is 0.405 e. The van der Waals surface area contributed by atoms with Crippen molar-refractivity contribution in [2.75, 3.05) is 13.1 Å². The number of halogens is 3. The third kappa shape index (κ3) is 4.84. The zero-order valence-corrected chi connectivity index (χ0v) is 14.4. The molecule has 0 radical (unpaired) electrons. The molecule has 1 aromatic carbocycles. The average Bonchev–Trinajstić information content (AvgIpc) is 3.13. The van der Waals surface area contributed by atoms with E-state index in [1.807, 2.05) is 35.6 Å². The maximum absolute atomic E-state index is 12.4. The van der Waals surface area contributed by atoms with Gasteiger partial charge in [-0.1, -0.05) is 24.3 Å². The summed E-state index contributed by atoms with van der Waals surface area (Å²) >= 11 is 0. The fraction of sp³-hybridized carbons (Fsp3) is 0.316. The zero-order chi connectivity index (χ0) is 19.4. The molecule has 2 amide bonds. The van der Waals surface area contributed by atoms with E-state index in [0.717, 1.165) is 10.9 Å². The highest BCUT2D eigenvalue weighted by atomic mass is 19.4. The number of nitrogens with one attached hydrogen (secondary N) is 1. The molecule has 1 aromatic heterocycles. The number of nitrogens with zero attached hydrogens (tertiary/aromatic N) is 2. The molecular weight excluding hydrogens is 359 g/mol. The van der Waals surface area contributed by atoms with Crippen molar-refractivity contribution < 1.29 is 22.8 Å². The summed E-state index contributed by atoms with van der Waals surface area (Å²) in [6.45, 7) is -1.07. The molecule has 142 valence electrons. The number of alkyl halides is 3. The van der Waals surface area contributed by atoms with Gasteiger partial charge in [0.1, 0.15) is 12.6 Å². The Morgan fingerprint density at radius 1 is 1.22 bits per heavy atom. The number of carbonyl (C=O) groups excluding carboxylic acids is 2. The number of carbonyl (C=O) groups is 2. The van der Waals surface area contributed by atoms with E-state index >= 15 is 0 Å². The summed E-state index contributed by atoms with van der Waals surface area (Å²) in [5.41, 5.74) is 1.37. The van der Waals surface area contributed by atoms with E-state index in [2.05, 4.69) is 4.98 Å². The summed E-state index contributed by atoms with van der Waals surface area (Å²) in [6, 6.07) is 10.3. The third-order valence-corrected chi connectivity index (χ3v) is 4.32. The molecule has 1 atom stereocenters. The number of benzene rings is 1. The lowest BCUT2D eigenvalue weighted by atomic mass is 10.2. The monoisotopic (exact) mass is 377 g/mol. The molecule has 8 heteroatoms. The molecule has 1 N–H and O–H groups in total. The highest BCUT2D eigenvalue weighted by molar-refractivity contribution is 5.96. The van der Waals surface area contributed by atoms with Crippen LogP contribution in [0.1, 0.15) is 18.5 Å². The van der Waals surface area contributed by atoms with Crippen molar-refractivity contribution in [2.24, 2.45) is 0 Å². The van der Waals surface area contributed by atoms with E-state index in [0.29, 0.717) is 25.1 Å². The van der Waals surface area contributed by atoms with Gasteiger partial charge in [0.25, 0.3) is 0 Å². The van der Waals surface area contributed by atoms with Gasteiger partial charge in [0.15, 0.2) is 0 Å². The summed E-state index contributed by atoms with van der Waals surface area (Å²) in [4.78, 5) is 30.1. The third-order valence-electron chi connectivity index (χ3n) is 4.32. The molecule has 0 spiro atoms. The molecule has 2 aromatic rings. The first kappa shape index (κ1) is 18.9. The highest BCUT2D eigenvalue weighted by Gasteiger charge is 2.35. The van der Waals surface area contributed by atoms with Crippen LogP contribution in [0.5, 0.6) is 0 Å². The number of hydrogen-bond donors (Lipinski definition) is 1. The first-order valence-electron chi connectivity index (χ1n) is 8.52. The van der Waals surface area contributed by atoms with Crippen LogP contribution in [0, 0.1) is 0 Å². The minimum Gasteiger partial charge on any atom is -0.345 e. The predicted molar refractivity (Wildman–Crippen MR) is 94.6 cm³/mol. The number of aromatic nitrogens is 1. The van der Waals surface area contributed by atoms with Crippen molar-refractivity contribution in [1.82, 2.24) is 15.2 Å².